The van der Waals surface area contributed by atoms with Gasteiger partial charge in [0.15, 0.2) is 5.13 Å². The Bertz CT molecular complexity index is 663. The van der Waals surface area contributed by atoms with Crippen molar-refractivity contribution in [2.45, 2.75) is 26.2 Å². The maximum absolute atomic E-state index is 11.9. The molecule has 1 aromatic heterocycles. The molecule has 1 aromatic carbocycles. The van der Waals surface area contributed by atoms with Crippen molar-refractivity contribution in [1.82, 2.24) is 4.98 Å². The van der Waals surface area contributed by atoms with Crippen LogP contribution in [0.4, 0.5) is 10.8 Å². The SMILES string of the molecule is CCC1C(=O)Nc2c(C)cc(-c3csc(N)n3)cc21. The van der Waals surface area contributed by atoms with Gasteiger partial charge in [-0.05, 0) is 36.6 Å². The number of nitrogens with zero attached hydrogens (tertiary/aromatic N) is 1. The summed E-state index contributed by atoms with van der Waals surface area (Å²) in [6, 6.07) is 4.11. The monoisotopic (exact) mass is 273 g/mol. The zero-order valence-corrected chi connectivity index (χ0v) is 11.7. The topological polar surface area (TPSA) is 68.0 Å². The summed E-state index contributed by atoms with van der Waals surface area (Å²) in [4.78, 5) is 16.2. The number of nitrogens with two attached hydrogens (primary N) is 1. The molecule has 5 heteroatoms. The number of aromatic nitrogens is 1. The second kappa shape index (κ2) is 4.35. The maximum atomic E-state index is 11.9. The number of rotatable bonds is 2. The second-order valence-electron chi connectivity index (χ2n) is 4.78. The van der Waals surface area contributed by atoms with Crippen molar-refractivity contribution in [3.8, 4) is 11.3 Å². The standard InChI is InChI=1S/C14H15N3OS/c1-3-9-10-5-8(11-6-19-14(15)16-11)4-7(2)12(10)17-13(9)18/h4-6,9H,3H2,1-2H3,(H2,15,16)(H,17,18). The zero-order chi connectivity index (χ0) is 13.6. The molecule has 0 fully saturated rings. The normalized spacial score (nSPS) is 17.4. The molecule has 4 nitrogen and oxygen atoms in total. The first-order valence-corrected chi connectivity index (χ1v) is 7.15. The first-order valence-electron chi connectivity index (χ1n) is 6.27. The van der Waals surface area contributed by atoms with Crippen LogP contribution in [0.3, 0.4) is 0 Å². The van der Waals surface area contributed by atoms with E-state index in [1.807, 2.05) is 25.3 Å². The van der Waals surface area contributed by atoms with Gasteiger partial charge in [-0.1, -0.05) is 6.92 Å². The molecule has 0 bridgehead atoms. The number of carbonyl (C=O) groups is 1. The van der Waals surface area contributed by atoms with E-state index in [1.54, 1.807) is 0 Å². The molecule has 98 valence electrons. The Kier molecular flexibility index (Phi) is 2.78. The van der Waals surface area contributed by atoms with Crippen molar-refractivity contribution < 1.29 is 4.79 Å². The maximum Gasteiger partial charge on any atom is 0.232 e. The van der Waals surface area contributed by atoms with E-state index in [9.17, 15) is 4.79 Å². The van der Waals surface area contributed by atoms with E-state index < -0.39 is 0 Å². The van der Waals surface area contributed by atoms with Crippen molar-refractivity contribution >= 4 is 28.1 Å². The predicted molar refractivity (Wildman–Crippen MR) is 78.4 cm³/mol. The number of fused-ring (bicyclic) bond motifs is 1. The quantitative estimate of drug-likeness (QED) is 0.883. The lowest BCUT2D eigenvalue weighted by Crippen LogP contribution is -2.10. The minimum atomic E-state index is -0.0513. The van der Waals surface area contributed by atoms with Crippen molar-refractivity contribution in [1.29, 1.82) is 0 Å². The second-order valence-corrected chi connectivity index (χ2v) is 5.67. The molecule has 19 heavy (non-hydrogen) atoms. The lowest BCUT2D eigenvalue weighted by atomic mass is 9.94. The lowest BCUT2D eigenvalue weighted by Gasteiger charge is -2.09. The summed E-state index contributed by atoms with van der Waals surface area (Å²) in [6.45, 7) is 4.04. The van der Waals surface area contributed by atoms with Crippen LogP contribution < -0.4 is 11.1 Å². The van der Waals surface area contributed by atoms with Crippen molar-refractivity contribution in [2.75, 3.05) is 11.1 Å². The van der Waals surface area contributed by atoms with Gasteiger partial charge in [-0.3, -0.25) is 4.79 Å². The highest BCUT2D eigenvalue weighted by Crippen LogP contribution is 2.40. The summed E-state index contributed by atoms with van der Waals surface area (Å²) in [5.41, 5.74) is 10.7. The Labute approximate surface area is 115 Å². The fourth-order valence-electron chi connectivity index (χ4n) is 2.58. The van der Waals surface area contributed by atoms with Crippen LogP contribution in [0.1, 0.15) is 30.4 Å². The molecular formula is C14H15N3OS. The fraction of sp³-hybridized carbons (Fsp3) is 0.286. The minimum Gasteiger partial charge on any atom is -0.375 e. The van der Waals surface area contributed by atoms with Gasteiger partial charge in [0.1, 0.15) is 0 Å². The molecule has 1 atom stereocenters. The van der Waals surface area contributed by atoms with Gasteiger partial charge in [0.2, 0.25) is 5.91 Å². The summed E-state index contributed by atoms with van der Waals surface area (Å²) in [6.07, 6.45) is 0.806. The van der Waals surface area contributed by atoms with Gasteiger partial charge in [0.25, 0.3) is 0 Å². The van der Waals surface area contributed by atoms with Crippen LogP contribution in [0, 0.1) is 6.92 Å². The molecule has 1 aliphatic heterocycles. The van der Waals surface area contributed by atoms with E-state index in [4.69, 9.17) is 5.73 Å². The third-order valence-corrected chi connectivity index (χ3v) is 4.21. The Morgan fingerprint density at radius 3 is 2.89 bits per heavy atom. The molecule has 3 rings (SSSR count). The van der Waals surface area contributed by atoms with Gasteiger partial charge in [0, 0.05) is 16.6 Å². The van der Waals surface area contributed by atoms with Crippen LogP contribution in [0.15, 0.2) is 17.5 Å². The number of nitrogen functional groups attached to an aromatic ring is 1. The van der Waals surface area contributed by atoms with Gasteiger partial charge in [0.05, 0.1) is 11.6 Å². The molecule has 0 radical (unpaired) electrons. The van der Waals surface area contributed by atoms with Crippen LogP contribution >= 0.6 is 11.3 Å². The number of amides is 1. The minimum absolute atomic E-state index is 0.0513. The number of anilines is 2. The van der Waals surface area contributed by atoms with E-state index in [1.165, 1.54) is 11.3 Å². The van der Waals surface area contributed by atoms with E-state index in [-0.39, 0.29) is 11.8 Å². The smallest absolute Gasteiger partial charge is 0.232 e. The molecular weight excluding hydrogens is 258 g/mol. The Balaban J connectivity index is 2.14. The Morgan fingerprint density at radius 2 is 2.26 bits per heavy atom. The molecule has 1 amide bonds. The fourth-order valence-corrected chi connectivity index (χ4v) is 3.16. The van der Waals surface area contributed by atoms with E-state index in [2.05, 4.69) is 16.4 Å². The van der Waals surface area contributed by atoms with Gasteiger partial charge < -0.3 is 11.1 Å². The number of carbonyl (C=O) groups excluding carboxylic acids is 1. The molecule has 2 aromatic rings. The first kappa shape index (κ1) is 12.2. The number of nitrogens with one attached hydrogen (secondary N) is 1. The highest BCUT2D eigenvalue weighted by molar-refractivity contribution is 7.13. The van der Waals surface area contributed by atoms with Crippen LogP contribution in [0.5, 0.6) is 0 Å². The van der Waals surface area contributed by atoms with Gasteiger partial charge in [-0.25, -0.2) is 4.98 Å². The highest BCUT2D eigenvalue weighted by atomic mass is 32.1. The summed E-state index contributed by atoms with van der Waals surface area (Å²) in [5, 5.41) is 5.48. The third-order valence-electron chi connectivity index (χ3n) is 3.53. The average Bonchev–Trinajstić information content (AvgIpc) is 2.93. The predicted octanol–water partition coefficient (Wildman–Crippen LogP) is 3.15. The summed E-state index contributed by atoms with van der Waals surface area (Å²) in [5.74, 6) is 0.0418. The first-order chi connectivity index (χ1) is 9.10. The molecule has 1 unspecified atom stereocenters. The molecule has 0 spiro atoms. The molecule has 0 saturated carbocycles. The average molecular weight is 273 g/mol. The summed E-state index contributed by atoms with van der Waals surface area (Å²) < 4.78 is 0. The third kappa shape index (κ3) is 1.90. The number of thiazole rings is 1. The molecule has 1 aliphatic rings. The molecule has 0 saturated heterocycles. The Hall–Kier alpha value is -1.88. The highest BCUT2D eigenvalue weighted by Gasteiger charge is 2.30. The van der Waals surface area contributed by atoms with Crippen molar-refractivity contribution in [3.05, 3.63) is 28.6 Å². The van der Waals surface area contributed by atoms with Crippen LogP contribution in [-0.2, 0) is 4.79 Å². The lowest BCUT2D eigenvalue weighted by molar-refractivity contribution is -0.117. The number of aryl methyl sites for hydroxylation is 1. The molecule has 3 N–H and O–H groups in total. The van der Waals surface area contributed by atoms with Crippen LogP contribution in [0.2, 0.25) is 0 Å². The van der Waals surface area contributed by atoms with Crippen LogP contribution in [-0.4, -0.2) is 10.9 Å². The number of hydrogen-bond donors (Lipinski definition) is 2. The summed E-state index contributed by atoms with van der Waals surface area (Å²) in [7, 11) is 0. The van der Waals surface area contributed by atoms with Gasteiger partial charge >= 0.3 is 0 Å². The van der Waals surface area contributed by atoms with Crippen LogP contribution in [0.25, 0.3) is 11.3 Å². The van der Waals surface area contributed by atoms with Gasteiger partial charge in [-0.2, -0.15) is 0 Å². The van der Waals surface area contributed by atoms with E-state index >= 15 is 0 Å². The zero-order valence-electron chi connectivity index (χ0n) is 10.9. The largest absolute Gasteiger partial charge is 0.375 e. The van der Waals surface area contributed by atoms with Crippen molar-refractivity contribution in [3.63, 3.8) is 0 Å². The molecule has 0 aliphatic carbocycles. The molecule has 2 heterocycles. The van der Waals surface area contributed by atoms with Gasteiger partial charge in [-0.15, -0.1) is 11.3 Å². The van der Waals surface area contributed by atoms with Crippen molar-refractivity contribution in [2.24, 2.45) is 0 Å². The van der Waals surface area contributed by atoms with E-state index in [0.29, 0.717) is 5.13 Å². The number of hydrogen-bond acceptors (Lipinski definition) is 4. The Morgan fingerprint density at radius 1 is 1.47 bits per heavy atom. The van der Waals surface area contributed by atoms with E-state index in [0.717, 1.165) is 34.5 Å². The number of benzene rings is 1. The summed E-state index contributed by atoms with van der Waals surface area (Å²) >= 11 is 1.43.